The number of imide groups is 1. The number of carbonyl (C=O) groups excluding carboxylic acids is 3. The van der Waals surface area contributed by atoms with E-state index >= 15 is 0 Å². The zero-order valence-electron chi connectivity index (χ0n) is 22.8. The predicted molar refractivity (Wildman–Crippen MR) is 152 cm³/mol. The summed E-state index contributed by atoms with van der Waals surface area (Å²) >= 11 is 0. The number of unbranched alkanes of at least 4 members (excludes halogenated alkanes) is 6. The van der Waals surface area contributed by atoms with Crippen molar-refractivity contribution in [1.82, 2.24) is 14.8 Å². The molecule has 0 bridgehead atoms. The summed E-state index contributed by atoms with van der Waals surface area (Å²) in [5.41, 5.74) is 0.814. The van der Waals surface area contributed by atoms with Crippen LogP contribution in [-0.4, -0.2) is 77.9 Å². The molecule has 2 aliphatic rings. The SMILES string of the molecule is C=CCCCCCCCCC(=O)OC(CN1CCN(c2ccccn2)CC1)CN1C(=O)c2ccccc2C1=O. The normalized spacial score (nSPS) is 16.3. The Morgan fingerprint density at radius 1 is 0.872 bits per heavy atom. The van der Waals surface area contributed by atoms with Crippen molar-refractivity contribution in [3.8, 4) is 0 Å². The fourth-order valence-electron chi connectivity index (χ4n) is 5.24. The van der Waals surface area contributed by atoms with Gasteiger partial charge in [0.15, 0.2) is 0 Å². The van der Waals surface area contributed by atoms with Crippen LogP contribution in [0.1, 0.15) is 72.1 Å². The number of amides is 2. The summed E-state index contributed by atoms with van der Waals surface area (Å²) in [6.07, 6.45) is 11.0. The lowest BCUT2D eigenvalue weighted by molar-refractivity contribution is -0.150. The van der Waals surface area contributed by atoms with E-state index in [1.54, 1.807) is 30.5 Å². The molecule has 1 aromatic carbocycles. The number of esters is 1. The number of pyridine rings is 1. The van der Waals surface area contributed by atoms with Crippen molar-refractivity contribution >= 4 is 23.6 Å². The van der Waals surface area contributed by atoms with E-state index < -0.39 is 6.10 Å². The molecule has 0 spiro atoms. The van der Waals surface area contributed by atoms with E-state index in [1.807, 2.05) is 24.3 Å². The van der Waals surface area contributed by atoms with E-state index in [0.717, 1.165) is 64.1 Å². The van der Waals surface area contributed by atoms with Gasteiger partial charge < -0.3 is 9.64 Å². The fourth-order valence-corrected chi connectivity index (χ4v) is 5.24. The number of anilines is 1. The molecule has 2 amide bonds. The highest BCUT2D eigenvalue weighted by Crippen LogP contribution is 2.23. The van der Waals surface area contributed by atoms with Crippen molar-refractivity contribution in [2.24, 2.45) is 0 Å². The summed E-state index contributed by atoms with van der Waals surface area (Å²) < 4.78 is 5.92. The van der Waals surface area contributed by atoms with Gasteiger partial charge in [-0.2, -0.15) is 0 Å². The molecule has 39 heavy (non-hydrogen) atoms. The van der Waals surface area contributed by atoms with Crippen LogP contribution in [0.4, 0.5) is 5.82 Å². The quantitative estimate of drug-likeness (QED) is 0.142. The maximum atomic E-state index is 13.0. The third kappa shape index (κ3) is 7.99. The van der Waals surface area contributed by atoms with Gasteiger partial charge in [-0.15, -0.1) is 6.58 Å². The zero-order valence-corrected chi connectivity index (χ0v) is 22.8. The van der Waals surface area contributed by atoms with Gasteiger partial charge in [0.2, 0.25) is 0 Å². The summed E-state index contributed by atoms with van der Waals surface area (Å²) in [5.74, 6) is 0.0309. The van der Waals surface area contributed by atoms with Gasteiger partial charge in [0.25, 0.3) is 11.8 Å². The monoisotopic (exact) mass is 532 g/mol. The van der Waals surface area contributed by atoms with Crippen molar-refractivity contribution in [2.75, 3.05) is 44.2 Å². The molecule has 2 aromatic rings. The van der Waals surface area contributed by atoms with Crippen molar-refractivity contribution in [2.45, 2.75) is 57.5 Å². The van der Waals surface area contributed by atoms with E-state index in [1.165, 1.54) is 17.7 Å². The first-order chi connectivity index (χ1) is 19.1. The van der Waals surface area contributed by atoms with Crippen molar-refractivity contribution in [3.05, 3.63) is 72.4 Å². The van der Waals surface area contributed by atoms with Gasteiger partial charge in [0.05, 0.1) is 17.7 Å². The standard InChI is InChI=1S/C31H40N4O4/c1-2-3-4-5-6-7-8-9-17-29(36)39-25(24-35-30(37)26-14-10-11-15-27(26)31(35)38)23-33-19-21-34(22-20-33)28-16-12-13-18-32-28/h2,10-16,18,25H,1,3-9,17,19-24H2. The molecule has 8 heteroatoms. The number of carbonyl (C=O) groups is 3. The minimum Gasteiger partial charge on any atom is -0.459 e. The molecule has 4 rings (SSSR count). The second-order valence-electron chi connectivity index (χ2n) is 10.3. The summed E-state index contributed by atoms with van der Waals surface area (Å²) in [4.78, 5) is 48.9. The second kappa shape index (κ2) is 14.6. The molecule has 0 saturated carbocycles. The van der Waals surface area contributed by atoms with Crippen LogP contribution in [0.15, 0.2) is 61.3 Å². The number of allylic oxidation sites excluding steroid dienone is 1. The lowest BCUT2D eigenvalue weighted by Gasteiger charge is -2.37. The van der Waals surface area contributed by atoms with Crippen LogP contribution in [0, 0.1) is 0 Å². The molecule has 1 saturated heterocycles. The average Bonchev–Trinajstić information content (AvgIpc) is 3.20. The molecule has 1 aromatic heterocycles. The molecule has 2 aliphatic heterocycles. The molecular formula is C31H40N4O4. The van der Waals surface area contributed by atoms with Crippen LogP contribution in [0.5, 0.6) is 0 Å². The Balaban J connectivity index is 1.31. The molecular weight excluding hydrogens is 492 g/mol. The van der Waals surface area contributed by atoms with Crippen LogP contribution >= 0.6 is 0 Å². The molecule has 1 fully saturated rings. The molecule has 0 aliphatic carbocycles. The predicted octanol–water partition coefficient (Wildman–Crippen LogP) is 4.72. The van der Waals surface area contributed by atoms with Gasteiger partial charge in [-0.25, -0.2) is 4.98 Å². The minimum absolute atomic E-state index is 0.0574. The molecule has 8 nitrogen and oxygen atoms in total. The largest absolute Gasteiger partial charge is 0.459 e. The van der Waals surface area contributed by atoms with E-state index in [4.69, 9.17) is 4.74 Å². The molecule has 0 N–H and O–H groups in total. The number of piperazine rings is 1. The summed E-state index contributed by atoms with van der Waals surface area (Å²) in [6.45, 7) is 7.44. The summed E-state index contributed by atoms with van der Waals surface area (Å²) in [6, 6.07) is 12.7. The van der Waals surface area contributed by atoms with Gasteiger partial charge in [0, 0.05) is 45.3 Å². The topological polar surface area (TPSA) is 83.1 Å². The second-order valence-corrected chi connectivity index (χ2v) is 10.3. The number of hydrogen-bond acceptors (Lipinski definition) is 7. The smallest absolute Gasteiger partial charge is 0.306 e. The maximum Gasteiger partial charge on any atom is 0.306 e. The van der Waals surface area contributed by atoms with Gasteiger partial charge in [0.1, 0.15) is 11.9 Å². The third-order valence-corrected chi connectivity index (χ3v) is 7.41. The highest BCUT2D eigenvalue weighted by molar-refractivity contribution is 6.21. The Kier molecular flexibility index (Phi) is 10.7. The van der Waals surface area contributed by atoms with Crippen molar-refractivity contribution < 1.29 is 19.1 Å². The lowest BCUT2D eigenvalue weighted by atomic mass is 10.1. The van der Waals surface area contributed by atoms with Crippen molar-refractivity contribution in [1.29, 1.82) is 0 Å². The van der Waals surface area contributed by atoms with Gasteiger partial charge in [-0.3, -0.25) is 24.2 Å². The fraction of sp³-hybridized carbons (Fsp3) is 0.484. The Hall–Kier alpha value is -3.52. The van der Waals surface area contributed by atoms with Gasteiger partial charge in [-0.05, 0) is 43.5 Å². The number of rotatable bonds is 15. The third-order valence-electron chi connectivity index (χ3n) is 7.41. The first-order valence-electron chi connectivity index (χ1n) is 14.2. The molecule has 1 atom stereocenters. The van der Waals surface area contributed by atoms with Gasteiger partial charge in [-0.1, -0.05) is 50.0 Å². The first kappa shape index (κ1) is 28.5. The Labute approximate surface area is 231 Å². The highest BCUT2D eigenvalue weighted by Gasteiger charge is 2.37. The lowest BCUT2D eigenvalue weighted by Crippen LogP contribution is -2.51. The number of benzene rings is 1. The minimum atomic E-state index is -0.583. The van der Waals surface area contributed by atoms with Crippen LogP contribution < -0.4 is 4.90 Å². The van der Waals surface area contributed by atoms with E-state index in [9.17, 15) is 14.4 Å². The van der Waals surface area contributed by atoms with Crippen LogP contribution in [-0.2, 0) is 9.53 Å². The van der Waals surface area contributed by atoms with Crippen molar-refractivity contribution in [3.63, 3.8) is 0 Å². The van der Waals surface area contributed by atoms with Crippen LogP contribution in [0.25, 0.3) is 0 Å². The number of hydrogen-bond donors (Lipinski definition) is 0. The number of nitrogens with zero attached hydrogens (tertiary/aromatic N) is 4. The maximum absolute atomic E-state index is 13.0. The van der Waals surface area contributed by atoms with E-state index in [2.05, 4.69) is 21.4 Å². The number of fused-ring (bicyclic) bond motifs is 1. The Bertz CT molecular complexity index is 1080. The molecule has 208 valence electrons. The summed E-state index contributed by atoms with van der Waals surface area (Å²) in [5, 5.41) is 0. The van der Waals surface area contributed by atoms with Gasteiger partial charge >= 0.3 is 5.97 Å². The first-order valence-corrected chi connectivity index (χ1v) is 14.2. The Morgan fingerprint density at radius 3 is 2.15 bits per heavy atom. The highest BCUT2D eigenvalue weighted by atomic mass is 16.5. The zero-order chi connectivity index (χ0) is 27.5. The Morgan fingerprint density at radius 2 is 1.51 bits per heavy atom. The molecule has 0 radical (unpaired) electrons. The van der Waals surface area contributed by atoms with E-state index in [0.29, 0.717) is 24.1 Å². The van der Waals surface area contributed by atoms with Crippen LogP contribution in [0.2, 0.25) is 0 Å². The van der Waals surface area contributed by atoms with Crippen LogP contribution in [0.3, 0.4) is 0 Å². The average molecular weight is 533 g/mol. The van der Waals surface area contributed by atoms with E-state index in [-0.39, 0.29) is 24.3 Å². The molecule has 1 unspecified atom stereocenters. The molecule has 3 heterocycles. The number of ether oxygens (including phenoxy) is 1. The summed E-state index contributed by atoms with van der Waals surface area (Å²) in [7, 11) is 0. The number of aromatic nitrogens is 1.